The second-order valence-corrected chi connectivity index (χ2v) is 4.06. The van der Waals surface area contributed by atoms with Gasteiger partial charge in [-0.15, -0.1) is 0 Å². The van der Waals surface area contributed by atoms with Crippen molar-refractivity contribution in [2.45, 2.75) is 26.2 Å². The maximum Gasteiger partial charge on any atom is 0.294 e. The van der Waals surface area contributed by atoms with Gasteiger partial charge in [0, 0.05) is 7.05 Å². The van der Waals surface area contributed by atoms with Gasteiger partial charge >= 0.3 is 0 Å². The average Bonchev–Trinajstić information content (AvgIpc) is 2.85. The molecular weight excluding hydrogens is 212 g/mol. The van der Waals surface area contributed by atoms with E-state index in [1.165, 1.54) is 11.1 Å². The number of benzene rings is 1. The molecule has 0 aliphatic carbocycles. The lowest BCUT2D eigenvalue weighted by molar-refractivity contribution is 0.573. The van der Waals surface area contributed by atoms with Crippen LogP contribution >= 0.6 is 0 Å². The largest absolute Gasteiger partial charge is 0.432 e. The van der Waals surface area contributed by atoms with Crippen molar-refractivity contribution < 1.29 is 4.42 Å². The molecule has 1 N–H and O–H groups in total. The highest BCUT2D eigenvalue weighted by molar-refractivity contribution is 5.24. The Labute approximate surface area is 102 Å². The Morgan fingerprint density at radius 2 is 1.82 bits per heavy atom. The minimum atomic E-state index is 0.585. The van der Waals surface area contributed by atoms with Gasteiger partial charge in [-0.05, 0) is 30.4 Å². The Bertz CT molecular complexity index is 459. The van der Waals surface area contributed by atoms with Gasteiger partial charge in [-0.25, -0.2) is 0 Å². The molecule has 3 nitrogen and oxygen atoms in total. The summed E-state index contributed by atoms with van der Waals surface area (Å²) >= 11 is 0. The van der Waals surface area contributed by atoms with Crippen LogP contribution in [0.3, 0.4) is 0 Å². The molecule has 0 aliphatic heterocycles. The van der Waals surface area contributed by atoms with Crippen LogP contribution in [0.5, 0.6) is 0 Å². The third kappa shape index (κ3) is 3.09. The second-order valence-electron chi connectivity index (χ2n) is 4.06. The summed E-state index contributed by atoms with van der Waals surface area (Å²) in [6, 6.07) is 9.35. The highest BCUT2D eigenvalue weighted by atomic mass is 16.4. The molecule has 0 fully saturated rings. The van der Waals surface area contributed by atoms with Crippen molar-refractivity contribution in [1.29, 1.82) is 0 Å². The van der Waals surface area contributed by atoms with Gasteiger partial charge in [-0.1, -0.05) is 31.2 Å². The van der Waals surface area contributed by atoms with Crippen LogP contribution in [0.1, 0.15) is 23.7 Å². The zero-order chi connectivity index (χ0) is 12.1. The molecule has 0 radical (unpaired) electrons. The molecule has 2 rings (SSSR count). The normalized spacial score (nSPS) is 10.5. The van der Waals surface area contributed by atoms with Crippen LogP contribution in [-0.2, 0) is 19.3 Å². The van der Waals surface area contributed by atoms with Crippen molar-refractivity contribution in [2.75, 3.05) is 12.4 Å². The molecular formula is C14H18N2O. The number of nitrogens with zero attached hydrogens (tertiary/aromatic N) is 1. The SMILES string of the molecule is CCc1ccc(CCc2coc(NC)n2)cc1. The predicted octanol–water partition coefficient (Wildman–Crippen LogP) is 3.06. The van der Waals surface area contributed by atoms with E-state index in [4.69, 9.17) is 4.42 Å². The number of rotatable bonds is 5. The fourth-order valence-corrected chi connectivity index (χ4v) is 1.75. The van der Waals surface area contributed by atoms with Crippen LogP contribution in [-0.4, -0.2) is 12.0 Å². The van der Waals surface area contributed by atoms with Crippen molar-refractivity contribution in [1.82, 2.24) is 4.98 Å². The molecule has 0 bridgehead atoms. The Kier molecular flexibility index (Phi) is 3.81. The fourth-order valence-electron chi connectivity index (χ4n) is 1.75. The number of anilines is 1. The molecule has 0 atom stereocenters. The maximum absolute atomic E-state index is 5.22. The van der Waals surface area contributed by atoms with E-state index in [0.29, 0.717) is 6.01 Å². The molecule has 0 aliphatic rings. The molecule has 17 heavy (non-hydrogen) atoms. The molecule has 90 valence electrons. The Balaban J connectivity index is 1.92. The highest BCUT2D eigenvalue weighted by Crippen LogP contribution is 2.11. The summed E-state index contributed by atoms with van der Waals surface area (Å²) < 4.78 is 5.22. The Hall–Kier alpha value is -1.77. The summed E-state index contributed by atoms with van der Waals surface area (Å²) in [7, 11) is 1.80. The third-order valence-electron chi connectivity index (χ3n) is 2.87. The van der Waals surface area contributed by atoms with Crippen LogP contribution in [0.4, 0.5) is 6.01 Å². The quantitative estimate of drug-likeness (QED) is 0.857. The highest BCUT2D eigenvalue weighted by Gasteiger charge is 2.02. The molecule has 2 aromatic rings. The maximum atomic E-state index is 5.22. The molecule has 0 unspecified atom stereocenters. The summed E-state index contributed by atoms with van der Waals surface area (Å²) in [6.07, 6.45) is 4.72. The van der Waals surface area contributed by atoms with Gasteiger partial charge < -0.3 is 9.73 Å². The first-order chi connectivity index (χ1) is 8.31. The zero-order valence-electron chi connectivity index (χ0n) is 10.4. The van der Waals surface area contributed by atoms with Crippen LogP contribution in [0.15, 0.2) is 34.9 Å². The van der Waals surface area contributed by atoms with E-state index in [2.05, 4.69) is 41.5 Å². The summed E-state index contributed by atoms with van der Waals surface area (Å²) in [5.74, 6) is 0. The van der Waals surface area contributed by atoms with Crippen molar-refractivity contribution in [3.8, 4) is 0 Å². The Morgan fingerprint density at radius 1 is 1.12 bits per heavy atom. The van der Waals surface area contributed by atoms with Gasteiger partial charge in [0.1, 0.15) is 6.26 Å². The van der Waals surface area contributed by atoms with E-state index >= 15 is 0 Å². The summed E-state index contributed by atoms with van der Waals surface area (Å²) in [6.45, 7) is 2.17. The standard InChI is InChI=1S/C14H18N2O/c1-3-11-4-6-12(7-5-11)8-9-13-10-17-14(15-2)16-13/h4-7,10H,3,8-9H2,1-2H3,(H,15,16). The topological polar surface area (TPSA) is 38.1 Å². The lowest BCUT2D eigenvalue weighted by atomic mass is 10.1. The number of hydrogen-bond acceptors (Lipinski definition) is 3. The monoisotopic (exact) mass is 230 g/mol. The van der Waals surface area contributed by atoms with Crippen molar-refractivity contribution in [3.05, 3.63) is 47.3 Å². The number of nitrogens with one attached hydrogen (secondary N) is 1. The van der Waals surface area contributed by atoms with E-state index in [0.717, 1.165) is 25.0 Å². The van der Waals surface area contributed by atoms with E-state index in [-0.39, 0.29) is 0 Å². The first kappa shape index (κ1) is 11.7. The lowest BCUT2D eigenvalue weighted by Gasteiger charge is -2.01. The van der Waals surface area contributed by atoms with Gasteiger partial charge in [0.2, 0.25) is 0 Å². The van der Waals surface area contributed by atoms with E-state index < -0.39 is 0 Å². The second kappa shape index (κ2) is 5.53. The fraction of sp³-hybridized carbons (Fsp3) is 0.357. The van der Waals surface area contributed by atoms with E-state index in [9.17, 15) is 0 Å². The number of hydrogen-bond donors (Lipinski definition) is 1. The minimum Gasteiger partial charge on any atom is -0.432 e. The van der Waals surface area contributed by atoms with Gasteiger partial charge in [0.25, 0.3) is 6.01 Å². The van der Waals surface area contributed by atoms with Gasteiger partial charge in [0.15, 0.2) is 0 Å². The number of aromatic nitrogens is 1. The first-order valence-corrected chi connectivity index (χ1v) is 6.01. The van der Waals surface area contributed by atoms with E-state index in [1.807, 2.05) is 0 Å². The molecule has 1 heterocycles. The average molecular weight is 230 g/mol. The molecule has 0 saturated heterocycles. The number of oxazole rings is 1. The molecule has 1 aromatic carbocycles. The van der Waals surface area contributed by atoms with Crippen LogP contribution in [0, 0.1) is 0 Å². The molecule has 0 amide bonds. The van der Waals surface area contributed by atoms with Crippen molar-refractivity contribution >= 4 is 6.01 Å². The molecule has 3 heteroatoms. The van der Waals surface area contributed by atoms with Crippen LogP contribution in [0.2, 0.25) is 0 Å². The van der Waals surface area contributed by atoms with Gasteiger partial charge in [-0.2, -0.15) is 4.98 Å². The number of aryl methyl sites for hydroxylation is 3. The summed E-state index contributed by atoms with van der Waals surface area (Å²) in [5, 5.41) is 2.88. The zero-order valence-corrected chi connectivity index (χ0v) is 10.4. The van der Waals surface area contributed by atoms with E-state index in [1.54, 1.807) is 13.3 Å². The Morgan fingerprint density at radius 3 is 2.41 bits per heavy atom. The van der Waals surface area contributed by atoms with Gasteiger partial charge in [-0.3, -0.25) is 0 Å². The minimum absolute atomic E-state index is 0.585. The first-order valence-electron chi connectivity index (χ1n) is 6.01. The molecule has 0 spiro atoms. The third-order valence-corrected chi connectivity index (χ3v) is 2.87. The summed E-state index contributed by atoms with van der Waals surface area (Å²) in [4.78, 5) is 4.30. The molecule has 0 saturated carbocycles. The predicted molar refractivity (Wildman–Crippen MR) is 69.3 cm³/mol. The van der Waals surface area contributed by atoms with Crippen LogP contribution < -0.4 is 5.32 Å². The summed E-state index contributed by atoms with van der Waals surface area (Å²) in [5.41, 5.74) is 3.72. The van der Waals surface area contributed by atoms with Gasteiger partial charge in [0.05, 0.1) is 5.69 Å². The smallest absolute Gasteiger partial charge is 0.294 e. The van der Waals surface area contributed by atoms with Crippen molar-refractivity contribution in [3.63, 3.8) is 0 Å². The van der Waals surface area contributed by atoms with Crippen LogP contribution in [0.25, 0.3) is 0 Å². The lowest BCUT2D eigenvalue weighted by Crippen LogP contribution is -1.93. The van der Waals surface area contributed by atoms with Crippen molar-refractivity contribution in [2.24, 2.45) is 0 Å². The molecule has 1 aromatic heterocycles.